The predicted molar refractivity (Wildman–Crippen MR) is 76.5 cm³/mol. The second-order valence-electron chi connectivity index (χ2n) is 5.36. The molecule has 0 saturated heterocycles. The average molecular weight is 290 g/mol. The van der Waals surface area contributed by atoms with Crippen molar-refractivity contribution in [3.05, 3.63) is 41.5 Å². The van der Waals surface area contributed by atoms with Crippen LogP contribution in [0.1, 0.15) is 24.1 Å². The number of rotatable bonds is 7. The van der Waals surface area contributed by atoms with E-state index in [-0.39, 0.29) is 11.6 Å². The maximum absolute atomic E-state index is 13.7. The first-order chi connectivity index (χ1) is 10.2. The van der Waals surface area contributed by atoms with Crippen LogP contribution in [0.2, 0.25) is 0 Å². The summed E-state index contributed by atoms with van der Waals surface area (Å²) in [6.45, 7) is 3.37. The zero-order valence-corrected chi connectivity index (χ0v) is 12.1. The molecule has 1 saturated carbocycles. The van der Waals surface area contributed by atoms with Crippen molar-refractivity contribution in [3.63, 3.8) is 0 Å². The summed E-state index contributed by atoms with van der Waals surface area (Å²) in [5, 5.41) is 11.5. The fraction of sp³-hybridized carbons (Fsp3) is 0.467. The lowest BCUT2D eigenvalue weighted by Crippen LogP contribution is -2.15. The predicted octanol–water partition coefficient (Wildman–Crippen LogP) is 2.06. The molecule has 6 heteroatoms. The van der Waals surface area contributed by atoms with E-state index in [1.165, 1.54) is 12.8 Å². The molecule has 0 bridgehead atoms. The largest absolute Gasteiger partial charge is 0.489 e. The third-order valence-electron chi connectivity index (χ3n) is 3.47. The Morgan fingerprint density at radius 1 is 1.43 bits per heavy atom. The highest BCUT2D eigenvalue weighted by Crippen LogP contribution is 2.20. The second kappa shape index (κ2) is 6.22. The summed E-state index contributed by atoms with van der Waals surface area (Å²) in [5.41, 5.74) is 1.50. The summed E-state index contributed by atoms with van der Waals surface area (Å²) in [4.78, 5) is 0. The molecule has 3 rings (SSSR count). The lowest BCUT2D eigenvalue weighted by atomic mass is 10.2. The van der Waals surface area contributed by atoms with E-state index in [2.05, 4.69) is 15.6 Å². The van der Waals surface area contributed by atoms with Gasteiger partial charge in [0, 0.05) is 18.8 Å². The second-order valence-corrected chi connectivity index (χ2v) is 5.36. The van der Waals surface area contributed by atoms with E-state index in [1.54, 1.807) is 29.8 Å². The van der Waals surface area contributed by atoms with Gasteiger partial charge in [-0.3, -0.25) is 0 Å². The summed E-state index contributed by atoms with van der Waals surface area (Å²) >= 11 is 0. The monoisotopic (exact) mass is 290 g/mol. The Labute approximate surface area is 123 Å². The van der Waals surface area contributed by atoms with Crippen molar-refractivity contribution in [2.75, 3.05) is 6.61 Å². The highest BCUT2D eigenvalue weighted by atomic mass is 19.1. The molecule has 112 valence electrons. The third-order valence-corrected chi connectivity index (χ3v) is 3.47. The van der Waals surface area contributed by atoms with E-state index >= 15 is 0 Å². The molecule has 0 unspecified atom stereocenters. The van der Waals surface area contributed by atoms with Crippen molar-refractivity contribution in [1.29, 1.82) is 0 Å². The molecule has 1 fully saturated rings. The molecule has 5 nitrogen and oxygen atoms in total. The van der Waals surface area contributed by atoms with Crippen LogP contribution in [0.15, 0.2) is 24.4 Å². The fourth-order valence-electron chi connectivity index (χ4n) is 2.05. The van der Waals surface area contributed by atoms with Crippen LogP contribution in [0, 0.1) is 12.7 Å². The van der Waals surface area contributed by atoms with Gasteiger partial charge in [0.05, 0.1) is 12.2 Å². The quantitative estimate of drug-likeness (QED) is 0.848. The fourth-order valence-corrected chi connectivity index (χ4v) is 2.05. The number of hydrogen-bond acceptors (Lipinski definition) is 4. The average Bonchev–Trinajstić information content (AvgIpc) is 3.20. The summed E-state index contributed by atoms with van der Waals surface area (Å²) in [6, 6.07) is 5.79. The van der Waals surface area contributed by atoms with Crippen LogP contribution in [0.5, 0.6) is 5.75 Å². The molecular formula is C15H19FN4O. The molecule has 21 heavy (non-hydrogen) atoms. The number of ether oxygens (including phenoxy) is 1. The SMILES string of the molecule is Cc1cccc(OCCn2cc(CNC3CC3)nn2)c1F. The number of benzene rings is 1. The van der Waals surface area contributed by atoms with E-state index in [9.17, 15) is 4.39 Å². The van der Waals surface area contributed by atoms with Crippen molar-refractivity contribution in [2.24, 2.45) is 0 Å². The molecule has 0 atom stereocenters. The van der Waals surface area contributed by atoms with Gasteiger partial charge >= 0.3 is 0 Å². The van der Waals surface area contributed by atoms with Gasteiger partial charge in [-0.1, -0.05) is 17.3 Å². The van der Waals surface area contributed by atoms with Crippen LogP contribution >= 0.6 is 0 Å². The van der Waals surface area contributed by atoms with Gasteiger partial charge < -0.3 is 10.1 Å². The normalized spacial score (nSPS) is 14.4. The Hall–Kier alpha value is -1.95. The lowest BCUT2D eigenvalue weighted by Gasteiger charge is -2.08. The highest BCUT2D eigenvalue weighted by molar-refractivity contribution is 5.29. The first kappa shape index (κ1) is 14.0. The summed E-state index contributed by atoms with van der Waals surface area (Å²) in [6.07, 6.45) is 4.40. The van der Waals surface area contributed by atoms with E-state index in [0.717, 1.165) is 12.2 Å². The maximum atomic E-state index is 13.7. The van der Waals surface area contributed by atoms with Crippen molar-refractivity contribution in [1.82, 2.24) is 20.3 Å². The Bertz CT molecular complexity index is 609. The molecule has 0 radical (unpaired) electrons. The first-order valence-electron chi connectivity index (χ1n) is 7.22. The molecule has 0 aliphatic heterocycles. The van der Waals surface area contributed by atoms with Gasteiger partial charge in [-0.25, -0.2) is 9.07 Å². The van der Waals surface area contributed by atoms with E-state index in [1.807, 2.05) is 6.20 Å². The molecule has 0 amide bonds. The minimum Gasteiger partial charge on any atom is -0.489 e. The minimum atomic E-state index is -0.301. The minimum absolute atomic E-state index is 0.283. The topological polar surface area (TPSA) is 52.0 Å². The Morgan fingerprint density at radius 2 is 2.29 bits per heavy atom. The van der Waals surface area contributed by atoms with Crippen molar-refractivity contribution < 1.29 is 9.13 Å². The van der Waals surface area contributed by atoms with Crippen LogP contribution in [-0.4, -0.2) is 27.6 Å². The van der Waals surface area contributed by atoms with Gasteiger partial charge in [0.2, 0.25) is 0 Å². The van der Waals surface area contributed by atoms with Crippen LogP contribution in [0.25, 0.3) is 0 Å². The number of halogens is 1. The summed E-state index contributed by atoms with van der Waals surface area (Å²) < 4.78 is 20.9. The standard InChI is InChI=1S/C15H19FN4O/c1-11-3-2-4-14(15(11)16)21-8-7-20-10-13(18-19-20)9-17-12-5-6-12/h2-4,10,12,17H,5-9H2,1H3. The number of hydrogen-bond donors (Lipinski definition) is 1. The molecule has 1 aliphatic carbocycles. The third kappa shape index (κ3) is 3.78. The molecular weight excluding hydrogens is 271 g/mol. The number of nitrogens with zero attached hydrogens (tertiary/aromatic N) is 3. The van der Waals surface area contributed by atoms with E-state index in [0.29, 0.717) is 24.8 Å². The highest BCUT2D eigenvalue weighted by Gasteiger charge is 2.20. The molecule has 0 spiro atoms. The lowest BCUT2D eigenvalue weighted by molar-refractivity contribution is 0.276. The summed E-state index contributed by atoms with van der Waals surface area (Å²) in [7, 11) is 0. The van der Waals surface area contributed by atoms with Crippen LogP contribution in [0.4, 0.5) is 4.39 Å². The maximum Gasteiger partial charge on any atom is 0.167 e. The van der Waals surface area contributed by atoms with Gasteiger partial charge in [-0.05, 0) is 31.4 Å². The number of aromatic nitrogens is 3. The molecule has 1 N–H and O–H groups in total. The van der Waals surface area contributed by atoms with Crippen LogP contribution < -0.4 is 10.1 Å². The van der Waals surface area contributed by atoms with Gasteiger partial charge in [0.1, 0.15) is 6.61 Å². The zero-order chi connectivity index (χ0) is 14.7. The van der Waals surface area contributed by atoms with Gasteiger partial charge in [-0.2, -0.15) is 0 Å². The Kier molecular flexibility index (Phi) is 4.15. The number of aryl methyl sites for hydroxylation is 1. The van der Waals surface area contributed by atoms with Gasteiger partial charge in [0.25, 0.3) is 0 Å². The molecule has 1 aromatic carbocycles. The smallest absolute Gasteiger partial charge is 0.167 e. The molecule has 2 aromatic rings. The van der Waals surface area contributed by atoms with Crippen molar-refractivity contribution >= 4 is 0 Å². The van der Waals surface area contributed by atoms with E-state index < -0.39 is 0 Å². The van der Waals surface area contributed by atoms with Gasteiger partial charge in [0.15, 0.2) is 11.6 Å². The van der Waals surface area contributed by atoms with Crippen LogP contribution in [0.3, 0.4) is 0 Å². The Balaban J connectivity index is 1.47. The van der Waals surface area contributed by atoms with E-state index in [4.69, 9.17) is 4.74 Å². The van der Waals surface area contributed by atoms with Gasteiger partial charge in [-0.15, -0.1) is 5.10 Å². The first-order valence-corrected chi connectivity index (χ1v) is 7.22. The van der Waals surface area contributed by atoms with Crippen LogP contribution in [-0.2, 0) is 13.1 Å². The zero-order valence-electron chi connectivity index (χ0n) is 12.1. The molecule has 1 aromatic heterocycles. The number of nitrogens with one attached hydrogen (secondary N) is 1. The molecule has 1 heterocycles. The van der Waals surface area contributed by atoms with Crippen molar-refractivity contribution in [3.8, 4) is 5.75 Å². The molecule has 1 aliphatic rings. The Morgan fingerprint density at radius 3 is 3.10 bits per heavy atom. The van der Waals surface area contributed by atoms with Crippen molar-refractivity contribution in [2.45, 2.75) is 38.9 Å². The summed E-state index contributed by atoms with van der Waals surface area (Å²) in [5.74, 6) is -0.0175.